The number of carbonyl (C=O) groups is 1. The summed E-state index contributed by atoms with van der Waals surface area (Å²) in [5, 5.41) is 3.63. The summed E-state index contributed by atoms with van der Waals surface area (Å²) in [5.41, 5.74) is 6.63. The fourth-order valence-electron chi connectivity index (χ4n) is 4.42. The number of primary amides is 1. The van der Waals surface area contributed by atoms with Crippen LogP contribution in [0.15, 0.2) is 46.9 Å². The van der Waals surface area contributed by atoms with Gasteiger partial charge in [0, 0.05) is 25.7 Å². The Morgan fingerprint density at radius 3 is 2.76 bits per heavy atom. The van der Waals surface area contributed by atoms with Gasteiger partial charge in [-0.1, -0.05) is 30.3 Å². The number of fused-ring (bicyclic) bond motifs is 1. The topological polar surface area (TPSA) is 71.5 Å². The number of benzene rings is 1. The number of hydrogen-bond acceptors (Lipinski definition) is 4. The van der Waals surface area contributed by atoms with E-state index in [1.165, 1.54) is 24.9 Å². The van der Waals surface area contributed by atoms with E-state index in [-0.39, 0.29) is 5.76 Å². The average molecular weight is 339 g/mol. The van der Waals surface area contributed by atoms with E-state index < -0.39 is 5.91 Å². The number of amides is 1. The highest BCUT2D eigenvalue weighted by molar-refractivity contribution is 5.89. The van der Waals surface area contributed by atoms with Crippen LogP contribution in [-0.4, -0.2) is 29.9 Å². The Bertz CT molecular complexity index is 728. The number of furan rings is 1. The molecular weight excluding hydrogens is 314 g/mol. The summed E-state index contributed by atoms with van der Waals surface area (Å²) in [6, 6.07) is 14.7. The molecule has 2 fully saturated rings. The molecule has 1 saturated heterocycles. The Hall–Kier alpha value is -2.11. The second-order valence-electron chi connectivity index (χ2n) is 7.30. The summed E-state index contributed by atoms with van der Waals surface area (Å²) < 4.78 is 5.47. The Kier molecular flexibility index (Phi) is 4.59. The molecular formula is C20H25N3O2. The molecule has 1 amide bonds. The molecule has 1 saturated carbocycles. The van der Waals surface area contributed by atoms with E-state index in [1.54, 1.807) is 6.07 Å². The van der Waals surface area contributed by atoms with Crippen molar-refractivity contribution in [2.45, 2.75) is 32.0 Å². The van der Waals surface area contributed by atoms with E-state index in [2.05, 4.69) is 40.5 Å². The van der Waals surface area contributed by atoms with Gasteiger partial charge in [0.25, 0.3) is 5.91 Å². The normalized spacial score (nSPS) is 26.0. The lowest BCUT2D eigenvalue weighted by Crippen LogP contribution is -2.35. The maximum atomic E-state index is 11.1. The van der Waals surface area contributed by atoms with E-state index >= 15 is 0 Å². The van der Waals surface area contributed by atoms with Crippen LogP contribution in [0.2, 0.25) is 0 Å². The zero-order valence-electron chi connectivity index (χ0n) is 14.4. The van der Waals surface area contributed by atoms with Gasteiger partial charge in [0.05, 0.1) is 6.54 Å². The SMILES string of the molecule is NC(=O)c1ccc(CN[C@@H]2CC[C@H]3CN(Cc4ccccc4)C[C@@H]32)o1. The van der Waals surface area contributed by atoms with Crippen molar-refractivity contribution in [2.75, 3.05) is 13.1 Å². The summed E-state index contributed by atoms with van der Waals surface area (Å²) >= 11 is 0. The van der Waals surface area contributed by atoms with E-state index in [4.69, 9.17) is 10.2 Å². The number of nitrogens with zero attached hydrogens (tertiary/aromatic N) is 1. The Balaban J connectivity index is 1.31. The Morgan fingerprint density at radius 2 is 2.00 bits per heavy atom. The zero-order valence-corrected chi connectivity index (χ0v) is 14.4. The first-order valence-corrected chi connectivity index (χ1v) is 9.07. The fraction of sp³-hybridized carbons (Fsp3) is 0.450. The highest BCUT2D eigenvalue weighted by Crippen LogP contribution is 2.38. The van der Waals surface area contributed by atoms with Crippen molar-refractivity contribution in [1.29, 1.82) is 0 Å². The Morgan fingerprint density at radius 1 is 1.16 bits per heavy atom. The standard InChI is InChI=1S/C20H25N3O2/c21-20(24)19-9-7-16(25-19)10-22-18-8-6-15-12-23(13-17(15)18)11-14-4-2-1-3-5-14/h1-5,7,9,15,17-18,22H,6,8,10-13H2,(H2,21,24)/t15-,17-,18+/m0/s1. The number of nitrogens with two attached hydrogens (primary N) is 1. The third-order valence-electron chi connectivity index (χ3n) is 5.62. The predicted octanol–water partition coefficient (Wildman–Crippen LogP) is 2.38. The van der Waals surface area contributed by atoms with E-state index in [0.29, 0.717) is 18.5 Å². The van der Waals surface area contributed by atoms with Gasteiger partial charge in [-0.25, -0.2) is 0 Å². The summed E-state index contributed by atoms with van der Waals surface area (Å²) in [4.78, 5) is 13.7. The van der Waals surface area contributed by atoms with E-state index in [0.717, 1.165) is 24.8 Å². The third kappa shape index (κ3) is 3.62. The van der Waals surface area contributed by atoms with E-state index in [9.17, 15) is 4.79 Å². The van der Waals surface area contributed by atoms with Crippen LogP contribution in [0.5, 0.6) is 0 Å². The molecule has 132 valence electrons. The fourth-order valence-corrected chi connectivity index (χ4v) is 4.42. The first-order chi connectivity index (χ1) is 12.2. The van der Waals surface area contributed by atoms with Crippen molar-refractivity contribution in [1.82, 2.24) is 10.2 Å². The van der Waals surface area contributed by atoms with Crippen molar-refractivity contribution in [3.8, 4) is 0 Å². The molecule has 25 heavy (non-hydrogen) atoms. The smallest absolute Gasteiger partial charge is 0.284 e. The van der Waals surface area contributed by atoms with Gasteiger partial charge in [-0.15, -0.1) is 0 Å². The minimum atomic E-state index is -0.514. The monoisotopic (exact) mass is 339 g/mol. The van der Waals surface area contributed by atoms with Crippen LogP contribution < -0.4 is 11.1 Å². The molecule has 3 N–H and O–H groups in total. The zero-order chi connectivity index (χ0) is 17.2. The highest BCUT2D eigenvalue weighted by Gasteiger charge is 2.42. The second-order valence-corrected chi connectivity index (χ2v) is 7.30. The van der Waals surface area contributed by atoms with Crippen LogP contribution in [-0.2, 0) is 13.1 Å². The number of likely N-dealkylation sites (tertiary alicyclic amines) is 1. The van der Waals surface area contributed by atoms with Crippen molar-refractivity contribution < 1.29 is 9.21 Å². The minimum Gasteiger partial charge on any atom is -0.455 e. The van der Waals surface area contributed by atoms with Crippen LogP contribution in [0.1, 0.15) is 34.7 Å². The first-order valence-electron chi connectivity index (χ1n) is 9.07. The average Bonchev–Trinajstić information content (AvgIpc) is 3.30. The first kappa shape index (κ1) is 16.4. The van der Waals surface area contributed by atoms with Gasteiger partial charge in [-0.2, -0.15) is 0 Å². The predicted molar refractivity (Wildman–Crippen MR) is 95.8 cm³/mol. The molecule has 3 atom stereocenters. The van der Waals surface area contributed by atoms with Crippen molar-refractivity contribution in [3.63, 3.8) is 0 Å². The summed E-state index contributed by atoms with van der Waals surface area (Å²) in [7, 11) is 0. The molecule has 1 aliphatic carbocycles. The van der Waals surface area contributed by atoms with Crippen molar-refractivity contribution in [3.05, 3.63) is 59.5 Å². The molecule has 1 aromatic carbocycles. The van der Waals surface area contributed by atoms with Gasteiger partial charge in [0.1, 0.15) is 5.76 Å². The molecule has 0 bridgehead atoms. The van der Waals surface area contributed by atoms with Gasteiger partial charge in [0.2, 0.25) is 0 Å². The molecule has 2 heterocycles. The van der Waals surface area contributed by atoms with Crippen LogP contribution in [0.3, 0.4) is 0 Å². The molecule has 1 aliphatic heterocycles. The molecule has 5 nitrogen and oxygen atoms in total. The number of carbonyl (C=O) groups excluding carboxylic acids is 1. The quantitative estimate of drug-likeness (QED) is 0.848. The highest BCUT2D eigenvalue weighted by atomic mass is 16.3. The lowest BCUT2D eigenvalue weighted by atomic mass is 9.98. The van der Waals surface area contributed by atoms with Crippen molar-refractivity contribution in [2.24, 2.45) is 17.6 Å². The molecule has 1 aromatic heterocycles. The van der Waals surface area contributed by atoms with Gasteiger partial charge in [-0.05, 0) is 42.4 Å². The minimum absolute atomic E-state index is 0.232. The van der Waals surface area contributed by atoms with Crippen LogP contribution in [0.25, 0.3) is 0 Å². The maximum absolute atomic E-state index is 11.1. The van der Waals surface area contributed by atoms with Crippen LogP contribution in [0, 0.1) is 11.8 Å². The summed E-state index contributed by atoms with van der Waals surface area (Å²) in [6.07, 6.45) is 2.51. The molecule has 2 aromatic rings. The number of hydrogen-bond donors (Lipinski definition) is 2. The van der Waals surface area contributed by atoms with Gasteiger partial charge >= 0.3 is 0 Å². The van der Waals surface area contributed by atoms with Gasteiger partial charge in [0.15, 0.2) is 5.76 Å². The van der Waals surface area contributed by atoms with Gasteiger partial charge < -0.3 is 15.5 Å². The molecule has 4 rings (SSSR count). The third-order valence-corrected chi connectivity index (χ3v) is 5.62. The Labute approximate surface area is 148 Å². The maximum Gasteiger partial charge on any atom is 0.284 e. The molecule has 0 unspecified atom stereocenters. The largest absolute Gasteiger partial charge is 0.455 e. The summed E-state index contributed by atoms with van der Waals surface area (Å²) in [5.74, 6) is 1.99. The van der Waals surface area contributed by atoms with Crippen LogP contribution in [0.4, 0.5) is 0 Å². The molecule has 0 spiro atoms. The number of nitrogens with one attached hydrogen (secondary N) is 1. The van der Waals surface area contributed by atoms with Crippen LogP contribution >= 0.6 is 0 Å². The molecule has 0 radical (unpaired) electrons. The second kappa shape index (κ2) is 7.02. The number of rotatable bonds is 6. The van der Waals surface area contributed by atoms with E-state index in [1.807, 2.05) is 6.07 Å². The molecule has 2 aliphatic rings. The van der Waals surface area contributed by atoms with Crippen molar-refractivity contribution >= 4 is 5.91 Å². The molecule has 5 heteroatoms. The lowest BCUT2D eigenvalue weighted by molar-refractivity contribution is 0.0972. The summed E-state index contributed by atoms with van der Waals surface area (Å²) in [6.45, 7) is 4.05. The lowest BCUT2D eigenvalue weighted by Gasteiger charge is -2.21. The van der Waals surface area contributed by atoms with Gasteiger partial charge in [-0.3, -0.25) is 9.69 Å².